The van der Waals surface area contributed by atoms with Gasteiger partial charge in [0.15, 0.2) is 17.4 Å². The van der Waals surface area contributed by atoms with E-state index in [2.05, 4.69) is 32.1 Å². The van der Waals surface area contributed by atoms with Crippen LogP contribution in [0.15, 0.2) is 36.5 Å². The third-order valence-electron chi connectivity index (χ3n) is 6.76. The van der Waals surface area contributed by atoms with Gasteiger partial charge in [-0.2, -0.15) is 4.98 Å². The highest BCUT2D eigenvalue weighted by Gasteiger charge is 2.46. The molecule has 1 aromatic carbocycles. The number of rotatable bonds is 8. The second kappa shape index (κ2) is 11.1. The predicted molar refractivity (Wildman–Crippen MR) is 138 cm³/mol. The van der Waals surface area contributed by atoms with Crippen LogP contribution in [-0.4, -0.2) is 81.8 Å². The molecule has 212 valence electrons. The minimum atomic E-state index is -4.83. The molecule has 0 radical (unpaired) electrons. The number of hydrogen-bond donors (Lipinski definition) is 5. The summed E-state index contributed by atoms with van der Waals surface area (Å²) in [6.45, 7) is 0.00797. The number of ether oxygens (including phenoxy) is 1. The monoisotopic (exact) mass is 603 g/mol. The molecule has 5 N–H and O–H groups in total. The highest BCUT2D eigenvalue weighted by atomic mass is 35.5. The van der Waals surface area contributed by atoms with Crippen LogP contribution in [0.2, 0.25) is 5.28 Å². The quantitative estimate of drug-likeness (QED) is 0.234. The number of imidazole rings is 1. The van der Waals surface area contributed by atoms with Crippen molar-refractivity contribution < 1.29 is 43.3 Å². The van der Waals surface area contributed by atoms with Crippen LogP contribution in [-0.2, 0) is 18.4 Å². The number of halogens is 1. The molecule has 2 aliphatic heterocycles. The summed E-state index contributed by atoms with van der Waals surface area (Å²) in [5.41, 5.74) is 1.74. The zero-order valence-corrected chi connectivity index (χ0v) is 23.0. The summed E-state index contributed by atoms with van der Waals surface area (Å²) in [5.74, 6) is -0.887. The fourth-order valence-electron chi connectivity index (χ4n) is 5.05. The zero-order valence-electron chi connectivity index (χ0n) is 20.5. The maximum absolute atomic E-state index is 12.0. The van der Waals surface area contributed by atoms with Gasteiger partial charge < -0.3 is 39.1 Å². The van der Waals surface area contributed by atoms with E-state index in [0.29, 0.717) is 18.0 Å². The normalized spacial score (nSPS) is 27.6. The lowest BCUT2D eigenvalue weighted by atomic mass is 9.95. The molecule has 0 bridgehead atoms. The maximum atomic E-state index is 12.0. The molecule has 2 aromatic heterocycles. The van der Waals surface area contributed by atoms with E-state index in [0.717, 1.165) is 24.8 Å². The van der Waals surface area contributed by atoms with E-state index < -0.39 is 52.1 Å². The van der Waals surface area contributed by atoms with Crippen molar-refractivity contribution in [3.63, 3.8) is 0 Å². The molecule has 5 rings (SSSR count). The minimum absolute atomic E-state index is 0.0360. The summed E-state index contributed by atoms with van der Waals surface area (Å²) in [5, 5.41) is 25.4. The van der Waals surface area contributed by atoms with Gasteiger partial charge in [-0.05, 0) is 36.4 Å². The summed E-state index contributed by atoms with van der Waals surface area (Å²) in [6, 6.07) is 10.0. The molecule has 4 heterocycles. The maximum Gasteiger partial charge on any atom is 0.340 e. The standard InChI is InChI=1S/C22H28ClN5O9P2/c23-22-25-21(27-9-5-4-8-14(27)13-6-2-1-3-7-13)20-24-10-15(28(20)26-22)19-18(30)17(29)16(37-19)11-36-39(34,35)12-38(31,32)33/h1-3,6-7,10,14,16-19,29-30H,4-5,8-9,11-12H2,(H,34,35)(H2,31,32,33)/t14-,16?,17?,18?,19?/m0/s1. The van der Waals surface area contributed by atoms with Crippen molar-refractivity contribution in [2.24, 2.45) is 0 Å². The van der Waals surface area contributed by atoms with Crippen LogP contribution in [0, 0.1) is 0 Å². The number of nitrogens with zero attached hydrogens (tertiary/aromatic N) is 5. The summed E-state index contributed by atoms with van der Waals surface area (Å²) >= 11 is 6.33. The van der Waals surface area contributed by atoms with Crippen molar-refractivity contribution in [2.45, 2.75) is 49.7 Å². The van der Waals surface area contributed by atoms with Crippen LogP contribution in [0.25, 0.3) is 5.65 Å². The van der Waals surface area contributed by atoms with Gasteiger partial charge in [-0.1, -0.05) is 30.3 Å². The molecule has 3 aromatic rings. The first-order chi connectivity index (χ1) is 18.4. The molecule has 2 aliphatic rings. The summed E-state index contributed by atoms with van der Waals surface area (Å²) < 4.78 is 35.0. The van der Waals surface area contributed by atoms with E-state index in [1.807, 2.05) is 18.2 Å². The Kier molecular flexibility index (Phi) is 8.16. The smallest absolute Gasteiger partial charge is 0.340 e. The van der Waals surface area contributed by atoms with Crippen molar-refractivity contribution in [2.75, 3.05) is 24.0 Å². The number of fused-ring (bicyclic) bond motifs is 1. The average Bonchev–Trinajstić information content (AvgIpc) is 3.42. The number of benzene rings is 1. The van der Waals surface area contributed by atoms with Crippen LogP contribution < -0.4 is 4.90 Å². The van der Waals surface area contributed by atoms with Gasteiger partial charge in [0, 0.05) is 6.54 Å². The molecule has 0 spiro atoms. The number of aliphatic hydroxyl groups excluding tert-OH is 2. The summed E-state index contributed by atoms with van der Waals surface area (Å²) in [6.07, 6.45) is -1.19. The van der Waals surface area contributed by atoms with Gasteiger partial charge in [0.05, 0.1) is 24.5 Å². The highest BCUT2D eigenvalue weighted by Crippen LogP contribution is 2.55. The molecule has 6 atom stereocenters. The van der Waals surface area contributed by atoms with Crippen LogP contribution in [0.1, 0.15) is 42.7 Å². The fraction of sp³-hybridized carbons (Fsp3) is 0.500. The van der Waals surface area contributed by atoms with Crippen molar-refractivity contribution in [1.82, 2.24) is 19.6 Å². The topological polar surface area (TPSA) is 200 Å². The molecule has 0 amide bonds. The Bertz CT molecular complexity index is 1420. The lowest BCUT2D eigenvalue weighted by molar-refractivity contribution is -0.0204. The number of anilines is 1. The predicted octanol–water partition coefficient (Wildman–Crippen LogP) is 2.01. The van der Waals surface area contributed by atoms with Crippen molar-refractivity contribution >= 4 is 38.3 Å². The van der Waals surface area contributed by atoms with E-state index in [-0.39, 0.29) is 17.0 Å². The molecule has 2 fully saturated rings. The number of hydrogen-bond acceptors (Lipinski definition) is 10. The van der Waals surface area contributed by atoms with Crippen LogP contribution in [0.4, 0.5) is 5.82 Å². The first-order valence-electron chi connectivity index (χ1n) is 12.2. The van der Waals surface area contributed by atoms with Gasteiger partial charge in [0.1, 0.15) is 24.4 Å². The second-order valence-electron chi connectivity index (χ2n) is 9.55. The van der Waals surface area contributed by atoms with Gasteiger partial charge in [0.25, 0.3) is 0 Å². The largest absolute Gasteiger partial charge is 0.387 e. The van der Waals surface area contributed by atoms with E-state index >= 15 is 0 Å². The highest BCUT2D eigenvalue weighted by molar-refractivity contribution is 7.70. The van der Waals surface area contributed by atoms with Crippen LogP contribution in [0.5, 0.6) is 0 Å². The van der Waals surface area contributed by atoms with Crippen LogP contribution in [0.3, 0.4) is 0 Å². The SMILES string of the molecule is O=P(O)(O)CP(=O)(O)OCC1OC(c2cnc3c(N4CCCC[C@H]4c4ccccc4)nc(Cl)nn23)C(O)C1O. The van der Waals surface area contributed by atoms with Gasteiger partial charge in [-0.25, -0.2) is 9.50 Å². The number of aromatic nitrogens is 4. The third kappa shape index (κ3) is 6.20. The van der Waals surface area contributed by atoms with Gasteiger partial charge >= 0.3 is 15.2 Å². The van der Waals surface area contributed by atoms with Crippen molar-refractivity contribution in [3.05, 3.63) is 53.1 Å². The Morgan fingerprint density at radius 1 is 1.10 bits per heavy atom. The van der Waals surface area contributed by atoms with E-state index in [4.69, 9.17) is 30.6 Å². The molecule has 14 nitrogen and oxygen atoms in total. The lowest BCUT2D eigenvalue weighted by Crippen LogP contribution is -2.34. The second-order valence-corrected chi connectivity index (χ2v) is 13.9. The molecular weight excluding hydrogens is 576 g/mol. The van der Waals surface area contributed by atoms with E-state index in [1.165, 1.54) is 10.7 Å². The Morgan fingerprint density at radius 2 is 1.85 bits per heavy atom. The Labute approximate surface area is 227 Å². The minimum Gasteiger partial charge on any atom is -0.387 e. The Morgan fingerprint density at radius 3 is 2.56 bits per heavy atom. The van der Waals surface area contributed by atoms with Gasteiger partial charge in [-0.3, -0.25) is 9.13 Å². The number of piperidine rings is 1. The van der Waals surface area contributed by atoms with Crippen molar-refractivity contribution in [1.29, 1.82) is 0 Å². The number of aliphatic hydroxyl groups is 2. The summed E-state index contributed by atoms with van der Waals surface area (Å²) in [7, 11) is -9.52. The van der Waals surface area contributed by atoms with Gasteiger partial charge in [0.2, 0.25) is 5.28 Å². The van der Waals surface area contributed by atoms with E-state index in [1.54, 1.807) is 0 Å². The molecule has 2 saturated heterocycles. The third-order valence-corrected chi connectivity index (χ3v) is 10.4. The van der Waals surface area contributed by atoms with Gasteiger partial charge in [-0.15, -0.1) is 5.10 Å². The lowest BCUT2D eigenvalue weighted by Gasteiger charge is -2.37. The zero-order chi connectivity index (χ0) is 27.9. The molecule has 17 heteroatoms. The molecule has 0 saturated carbocycles. The first-order valence-corrected chi connectivity index (χ1v) is 16.1. The summed E-state index contributed by atoms with van der Waals surface area (Å²) in [4.78, 5) is 38.7. The Hall–Kier alpha value is -1.96. The van der Waals surface area contributed by atoms with E-state index in [9.17, 15) is 24.2 Å². The average molecular weight is 604 g/mol. The fourth-order valence-corrected chi connectivity index (χ4v) is 7.77. The molecule has 5 unspecified atom stereocenters. The molecule has 0 aliphatic carbocycles. The Balaban J connectivity index is 1.42. The van der Waals surface area contributed by atoms with Crippen LogP contribution >= 0.6 is 26.8 Å². The molecular formula is C22H28ClN5O9P2. The van der Waals surface area contributed by atoms with Crippen molar-refractivity contribution in [3.8, 4) is 0 Å². The molecule has 39 heavy (non-hydrogen) atoms. The first kappa shape index (κ1) is 28.6.